The topological polar surface area (TPSA) is 307 Å². The largest absolute Gasteiger partial charge is 0.394 e. The second-order valence-corrected chi connectivity index (χ2v) is 23.9. The van der Waals surface area contributed by atoms with E-state index in [-0.39, 0.29) is 18.9 Å². The van der Waals surface area contributed by atoms with E-state index in [2.05, 4.69) is 19.2 Å². The normalized spacial score (nSPS) is 29.7. The van der Waals surface area contributed by atoms with Crippen LogP contribution in [0.3, 0.4) is 0 Å². The van der Waals surface area contributed by atoms with Gasteiger partial charge in [-0.2, -0.15) is 0 Å². The van der Waals surface area contributed by atoms with E-state index in [1.54, 1.807) is 0 Å². The molecule has 0 bridgehead atoms. The summed E-state index contributed by atoms with van der Waals surface area (Å²) in [4.78, 5) is 13.3. The minimum Gasteiger partial charge on any atom is -0.394 e. The third-order valence-corrected chi connectivity index (χ3v) is 16.9. The van der Waals surface area contributed by atoms with Gasteiger partial charge in [0.2, 0.25) is 5.91 Å². The highest BCUT2D eigenvalue weighted by molar-refractivity contribution is 5.76. The molecule has 12 N–H and O–H groups in total. The highest BCUT2D eigenvalue weighted by atomic mass is 16.8. The smallest absolute Gasteiger partial charge is 0.220 e. The maximum atomic E-state index is 13.3. The van der Waals surface area contributed by atoms with E-state index in [1.165, 1.54) is 167 Å². The van der Waals surface area contributed by atoms with Crippen molar-refractivity contribution < 1.29 is 89.4 Å². The van der Waals surface area contributed by atoms with Crippen LogP contribution in [0.5, 0.6) is 0 Å². The molecule has 3 saturated heterocycles. The molecule has 0 aromatic heterocycles. The lowest BCUT2D eigenvalue weighted by Gasteiger charge is -2.48. The maximum Gasteiger partial charge on any atom is 0.220 e. The summed E-state index contributed by atoms with van der Waals surface area (Å²) in [5.41, 5.74) is 0. The number of aliphatic hydroxyl groups excluding tert-OH is 11. The van der Waals surface area contributed by atoms with Crippen LogP contribution in [0.1, 0.15) is 258 Å². The molecule has 0 aliphatic carbocycles. The summed E-state index contributed by atoms with van der Waals surface area (Å²) in [5.74, 6) is -0.241. The first-order valence-electron chi connectivity index (χ1n) is 32.8. The molecule has 1 amide bonds. The van der Waals surface area contributed by atoms with Crippen LogP contribution in [-0.4, -0.2) is 193 Å². The number of carbonyl (C=O) groups is 1. The van der Waals surface area contributed by atoms with Crippen LogP contribution in [-0.2, 0) is 33.2 Å². The molecule has 0 aromatic carbocycles. The molecular formula is C62H119NO18. The Kier molecular flexibility index (Phi) is 42.1. The minimum atomic E-state index is -1.97. The zero-order valence-electron chi connectivity index (χ0n) is 50.3. The molecule has 19 heteroatoms. The average molecular weight is 1170 g/mol. The van der Waals surface area contributed by atoms with Gasteiger partial charge in [-0.15, -0.1) is 0 Å². The second-order valence-electron chi connectivity index (χ2n) is 23.9. The number of unbranched alkanes of at least 4 members (excludes halogenated alkanes) is 34. The van der Waals surface area contributed by atoms with Gasteiger partial charge >= 0.3 is 0 Å². The number of carbonyl (C=O) groups excluding carboxylic acids is 1. The van der Waals surface area contributed by atoms with E-state index >= 15 is 0 Å². The predicted octanol–water partition coefficient (Wildman–Crippen LogP) is 7.16. The Bertz CT molecular complexity index is 1490. The van der Waals surface area contributed by atoms with Crippen molar-refractivity contribution in [1.29, 1.82) is 0 Å². The third kappa shape index (κ3) is 29.4. The molecule has 0 spiro atoms. The molecule has 3 rings (SSSR count). The second kappa shape index (κ2) is 46.0. The van der Waals surface area contributed by atoms with Crippen molar-refractivity contribution in [3.63, 3.8) is 0 Å². The molecule has 3 fully saturated rings. The molecule has 17 unspecified atom stereocenters. The highest BCUT2D eigenvalue weighted by Gasteiger charge is 2.53. The maximum absolute atomic E-state index is 13.3. The number of aliphatic hydroxyl groups is 11. The SMILES string of the molecule is CCCCCCCCCCCCCCCCCCCCCCCCCCCCCCCC(=O)NC(COC1OC(CO)C(OC2OC(CO)C(OC3OC(CO)C(O)C(O)C3O)C(O)C2O)C(O)C1O)C(O)CCCCCCCCC. The summed E-state index contributed by atoms with van der Waals surface area (Å²) in [6.45, 7) is 1.76. The number of hydrogen-bond acceptors (Lipinski definition) is 18. The van der Waals surface area contributed by atoms with E-state index in [4.69, 9.17) is 28.4 Å². The zero-order valence-corrected chi connectivity index (χ0v) is 50.3. The quantitative estimate of drug-likeness (QED) is 0.0269. The number of amides is 1. The van der Waals surface area contributed by atoms with Crippen LogP contribution in [0.25, 0.3) is 0 Å². The van der Waals surface area contributed by atoms with E-state index in [9.17, 15) is 61.0 Å². The van der Waals surface area contributed by atoms with Gasteiger partial charge < -0.3 is 89.9 Å². The molecular weight excluding hydrogens is 1050 g/mol. The van der Waals surface area contributed by atoms with E-state index < -0.39 is 124 Å². The van der Waals surface area contributed by atoms with Gasteiger partial charge in [-0.3, -0.25) is 4.79 Å². The van der Waals surface area contributed by atoms with Gasteiger partial charge in [-0.1, -0.05) is 239 Å². The van der Waals surface area contributed by atoms with Gasteiger partial charge in [0.15, 0.2) is 18.9 Å². The summed E-state index contributed by atoms with van der Waals surface area (Å²) < 4.78 is 34.2. The van der Waals surface area contributed by atoms with Crippen molar-refractivity contribution in [3.05, 3.63) is 0 Å². The molecule has 19 nitrogen and oxygen atoms in total. The molecule has 0 aromatic rings. The number of nitrogens with one attached hydrogen (secondary N) is 1. The average Bonchev–Trinajstić information content (AvgIpc) is 3.48. The van der Waals surface area contributed by atoms with E-state index in [1.807, 2.05) is 0 Å². The van der Waals surface area contributed by atoms with Gasteiger partial charge in [0.1, 0.15) is 73.2 Å². The summed E-state index contributed by atoms with van der Waals surface area (Å²) in [6.07, 6.45) is 19.7. The fourth-order valence-electron chi connectivity index (χ4n) is 11.6. The summed E-state index contributed by atoms with van der Waals surface area (Å²) in [7, 11) is 0. The van der Waals surface area contributed by atoms with Crippen molar-refractivity contribution in [2.24, 2.45) is 0 Å². The lowest BCUT2D eigenvalue weighted by molar-refractivity contribution is -0.379. The molecule has 17 atom stereocenters. The van der Waals surface area contributed by atoms with E-state index in [0.29, 0.717) is 12.8 Å². The third-order valence-electron chi connectivity index (χ3n) is 16.9. The lowest BCUT2D eigenvalue weighted by Crippen LogP contribution is -2.66. The number of hydrogen-bond donors (Lipinski definition) is 12. The fraction of sp³-hybridized carbons (Fsp3) is 0.984. The van der Waals surface area contributed by atoms with Crippen molar-refractivity contribution in [2.75, 3.05) is 26.4 Å². The monoisotopic (exact) mass is 1170 g/mol. The Hall–Kier alpha value is -1.21. The highest BCUT2D eigenvalue weighted by Crippen LogP contribution is 2.33. The van der Waals surface area contributed by atoms with Gasteiger partial charge in [0, 0.05) is 6.42 Å². The molecule has 3 aliphatic rings. The Balaban J connectivity index is 1.33. The van der Waals surface area contributed by atoms with Gasteiger partial charge in [0.05, 0.1) is 38.6 Å². The summed E-state index contributed by atoms with van der Waals surface area (Å²) >= 11 is 0. The zero-order chi connectivity index (χ0) is 59.0. The van der Waals surface area contributed by atoms with Crippen LogP contribution >= 0.6 is 0 Å². The standard InChI is InChI=1S/C62H119NO18/c1-3-5-7-9-11-12-13-14-15-16-17-18-19-20-21-22-23-24-25-26-27-28-29-30-31-32-34-36-38-40-50(68)63-45(46(67)39-37-35-33-10-8-6-4-2)44-76-60-56(74)53(71)58(48(42-65)78-60)81-62-57(75)54(72)59(49(43-66)79-62)80-61-55(73)52(70)51(69)47(41-64)77-61/h45-49,51-62,64-67,69-75H,3-44H2,1-2H3,(H,63,68). The number of rotatable bonds is 50. The molecule has 0 saturated carbocycles. The lowest BCUT2D eigenvalue weighted by atomic mass is 9.96. The van der Waals surface area contributed by atoms with Gasteiger partial charge in [0.25, 0.3) is 0 Å². The molecule has 3 heterocycles. The van der Waals surface area contributed by atoms with Crippen molar-refractivity contribution >= 4 is 5.91 Å². The van der Waals surface area contributed by atoms with Gasteiger partial charge in [-0.05, 0) is 12.8 Å². The summed E-state index contributed by atoms with van der Waals surface area (Å²) in [6, 6.07) is -0.878. The molecule has 81 heavy (non-hydrogen) atoms. The van der Waals surface area contributed by atoms with Crippen LogP contribution in [0.4, 0.5) is 0 Å². The molecule has 3 aliphatic heterocycles. The predicted molar refractivity (Wildman–Crippen MR) is 310 cm³/mol. The number of ether oxygens (including phenoxy) is 6. The Morgan fingerprint density at radius 1 is 0.395 bits per heavy atom. The Morgan fingerprint density at radius 3 is 1.07 bits per heavy atom. The Morgan fingerprint density at radius 2 is 0.704 bits per heavy atom. The van der Waals surface area contributed by atoms with Crippen molar-refractivity contribution in [3.8, 4) is 0 Å². The minimum absolute atomic E-state index is 0.241. The molecule has 480 valence electrons. The van der Waals surface area contributed by atoms with E-state index in [0.717, 1.165) is 57.8 Å². The first kappa shape index (κ1) is 74.0. The van der Waals surface area contributed by atoms with Crippen LogP contribution in [0, 0.1) is 0 Å². The van der Waals surface area contributed by atoms with Gasteiger partial charge in [-0.25, -0.2) is 0 Å². The van der Waals surface area contributed by atoms with Crippen LogP contribution in [0.15, 0.2) is 0 Å². The van der Waals surface area contributed by atoms with Crippen molar-refractivity contribution in [2.45, 2.75) is 362 Å². The first-order valence-corrected chi connectivity index (χ1v) is 32.8. The van der Waals surface area contributed by atoms with Crippen LogP contribution < -0.4 is 5.32 Å². The van der Waals surface area contributed by atoms with Crippen molar-refractivity contribution in [1.82, 2.24) is 5.32 Å². The van der Waals surface area contributed by atoms with Crippen LogP contribution in [0.2, 0.25) is 0 Å². The Labute approximate surface area is 487 Å². The summed E-state index contributed by atoms with van der Waals surface area (Å²) in [5, 5.41) is 120. The fourth-order valence-corrected chi connectivity index (χ4v) is 11.6. The molecule has 0 radical (unpaired) electrons. The first-order chi connectivity index (χ1) is 39.3.